The van der Waals surface area contributed by atoms with Crippen LogP contribution in [0.15, 0.2) is 36.7 Å². The van der Waals surface area contributed by atoms with Crippen molar-refractivity contribution >= 4 is 29.3 Å². The average molecular weight is 387 g/mol. The maximum atomic E-state index is 13.1. The van der Waals surface area contributed by atoms with Crippen molar-refractivity contribution < 1.29 is 14.7 Å². The number of hydrogen-bond acceptors (Lipinski definition) is 5. The monoisotopic (exact) mass is 386 g/mol. The van der Waals surface area contributed by atoms with Crippen molar-refractivity contribution in [1.29, 1.82) is 0 Å². The number of aromatic nitrogens is 2. The predicted molar refractivity (Wildman–Crippen MR) is 99.7 cm³/mol. The van der Waals surface area contributed by atoms with Gasteiger partial charge in [0.1, 0.15) is 5.82 Å². The Balaban J connectivity index is 1.49. The van der Waals surface area contributed by atoms with Gasteiger partial charge in [0.25, 0.3) is 0 Å². The molecular weight excluding hydrogens is 368 g/mol. The van der Waals surface area contributed by atoms with Crippen LogP contribution in [0.5, 0.6) is 0 Å². The van der Waals surface area contributed by atoms with Gasteiger partial charge in [-0.15, -0.1) is 0 Å². The van der Waals surface area contributed by atoms with Crippen molar-refractivity contribution in [3.05, 3.63) is 52.9 Å². The molecule has 1 atom stereocenters. The minimum absolute atomic E-state index is 0.0520. The van der Waals surface area contributed by atoms with Crippen LogP contribution in [0.4, 0.5) is 5.82 Å². The van der Waals surface area contributed by atoms with Gasteiger partial charge in [-0.25, -0.2) is 9.78 Å². The lowest BCUT2D eigenvalue weighted by molar-refractivity contribution is -0.135. The fourth-order valence-electron chi connectivity index (χ4n) is 3.94. The molecular formula is C19H19ClN4O3. The SMILES string of the molecule is O=C(O)c1cnc(N2CCC3(CCN(Cc4ccccn4)C3=O)C2)c(Cl)c1. The van der Waals surface area contributed by atoms with Crippen LogP contribution in [0.2, 0.25) is 5.02 Å². The number of rotatable bonds is 4. The molecule has 7 nitrogen and oxygen atoms in total. The molecule has 2 fully saturated rings. The van der Waals surface area contributed by atoms with Crippen molar-refractivity contribution in [2.75, 3.05) is 24.5 Å². The highest BCUT2D eigenvalue weighted by atomic mass is 35.5. The molecule has 1 N–H and O–H groups in total. The van der Waals surface area contributed by atoms with Crippen molar-refractivity contribution in [3.63, 3.8) is 0 Å². The highest BCUT2D eigenvalue weighted by molar-refractivity contribution is 6.33. The van der Waals surface area contributed by atoms with Crippen molar-refractivity contribution in [2.24, 2.45) is 5.41 Å². The standard InChI is InChI=1S/C19H19ClN4O3/c20-15-9-13(17(25)26)10-22-16(15)24-8-5-19(12-24)4-7-23(18(19)27)11-14-3-1-2-6-21-14/h1-3,6,9-10H,4-5,7-8,11-12H2,(H,25,26). The summed E-state index contributed by atoms with van der Waals surface area (Å²) >= 11 is 6.25. The molecule has 1 unspecified atom stereocenters. The van der Waals surface area contributed by atoms with Gasteiger partial charge in [0, 0.05) is 32.0 Å². The van der Waals surface area contributed by atoms with E-state index in [-0.39, 0.29) is 11.5 Å². The van der Waals surface area contributed by atoms with E-state index in [4.69, 9.17) is 16.7 Å². The Bertz CT molecular complexity index is 892. The van der Waals surface area contributed by atoms with Gasteiger partial charge in [0.2, 0.25) is 5.91 Å². The smallest absolute Gasteiger partial charge is 0.337 e. The first kappa shape index (κ1) is 17.7. The zero-order valence-corrected chi connectivity index (χ0v) is 15.4. The Labute approximate surface area is 161 Å². The number of carboxylic acid groups (broad SMARTS) is 1. The number of likely N-dealkylation sites (tertiary alicyclic amines) is 1. The van der Waals surface area contributed by atoms with Gasteiger partial charge in [-0.1, -0.05) is 17.7 Å². The fourth-order valence-corrected chi connectivity index (χ4v) is 4.23. The highest BCUT2D eigenvalue weighted by Crippen LogP contribution is 2.43. The molecule has 2 saturated heterocycles. The molecule has 1 amide bonds. The fraction of sp³-hybridized carbons (Fsp3) is 0.368. The molecule has 0 saturated carbocycles. The second-order valence-electron chi connectivity index (χ2n) is 7.08. The summed E-state index contributed by atoms with van der Waals surface area (Å²) in [6, 6.07) is 7.11. The highest BCUT2D eigenvalue weighted by Gasteiger charge is 2.51. The summed E-state index contributed by atoms with van der Waals surface area (Å²) in [6.45, 7) is 2.45. The first-order valence-electron chi connectivity index (χ1n) is 8.82. The molecule has 140 valence electrons. The van der Waals surface area contributed by atoms with E-state index >= 15 is 0 Å². The number of halogens is 1. The maximum Gasteiger partial charge on any atom is 0.337 e. The summed E-state index contributed by atoms with van der Waals surface area (Å²) in [6.07, 6.45) is 4.57. The van der Waals surface area contributed by atoms with Gasteiger partial charge in [-0.2, -0.15) is 0 Å². The first-order chi connectivity index (χ1) is 13.0. The van der Waals surface area contributed by atoms with E-state index in [1.54, 1.807) is 6.20 Å². The second-order valence-corrected chi connectivity index (χ2v) is 7.49. The third-order valence-electron chi connectivity index (χ3n) is 5.40. The Morgan fingerprint density at radius 2 is 2.07 bits per heavy atom. The number of pyridine rings is 2. The third-order valence-corrected chi connectivity index (χ3v) is 5.68. The van der Waals surface area contributed by atoms with Crippen LogP contribution in [-0.2, 0) is 11.3 Å². The maximum absolute atomic E-state index is 13.1. The van der Waals surface area contributed by atoms with Crippen LogP contribution in [0.25, 0.3) is 0 Å². The molecule has 0 bridgehead atoms. The number of anilines is 1. The van der Waals surface area contributed by atoms with Crippen LogP contribution < -0.4 is 4.90 Å². The zero-order valence-electron chi connectivity index (χ0n) is 14.6. The van der Waals surface area contributed by atoms with E-state index in [1.807, 2.05) is 28.0 Å². The molecule has 0 radical (unpaired) electrons. The molecule has 2 aromatic heterocycles. The Hall–Kier alpha value is -2.67. The minimum Gasteiger partial charge on any atom is -0.478 e. The molecule has 2 aromatic rings. The van der Waals surface area contributed by atoms with E-state index in [1.165, 1.54) is 12.3 Å². The normalized spacial score (nSPS) is 22.0. The van der Waals surface area contributed by atoms with Crippen molar-refractivity contribution in [3.8, 4) is 0 Å². The van der Waals surface area contributed by atoms with E-state index < -0.39 is 11.4 Å². The van der Waals surface area contributed by atoms with E-state index in [2.05, 4.69) is 9.97 Å². The summed E-state index contributed by atoms with van der Waals surface area (Å²) < 4.78 is 0. The average Bonchev–Trinajstić information content (AvgIpc) is 3.22. The molecule has 2 aliphatic rings. The van der Waals surface area contributed by atoms with Crippen LogP contribution in [0.3, 0.4) is 0 Å². The lowest BCUT2D eigenvalue weighted by atomic mass is 9.85. The Morgan fingerprint density at radius 3 is 2.78 bits per heavy atom. The molecule has 2 aliphatic heterocycles. The van der Waals surface area contributed by atoms with Gasteiger partial charge >= 0.3 is 5.97 Å². The van der Waals surface area contributed by atoms with Gasteiger partial charge < -0.3 is 14.9 Å². The number of aromatic carboxylic acids is 1. The van der Waals surface area contributed by atoms with Gasteiger partial charge in [-0.05, 0) is 31.0 Å². The Kier molecular flexibility index (Phi) is 4.47. The van der Waals surface area contributed by atoms with Crippen molar-refractivity contribution in [2.45, 2.75) is 19.4 Å². The van der Waals surface area contributed by atoms with Crippen LogP contribution in [0, 0.1) is 5.41 Å². The number of carbonyl (C=O) groups excluding carboxylic acids is 1. The molecule has 0 aliphatic carbocycles. The largest absolute Gasteiger partial charge is 0.478 e. The molecule has 4 heterocycles. The van der Waals surface area contributed by atoms with Crippen LogP contribution in [-0.4, -0.2) is 51.5 Å². The second kappa shape index (κ2) is 6.81. The third kappa shape index (κ3) is 3.23. The summed E-state index contributed by atoms with van der Waals surface area (Å²) in [5.41, 5.74) is 0.508. The summed E-state index contributed by atoms with van der Waals surface area (Å²) in [4.78, 5) is 36.5. The zero-order chi connectivity index (χ0) is 19.0. The predicted octanol–water partition coefficient (Wildman–Crippen LogP) is 2.46. The first-order valence-corrected chi connectivity index (χ1v) is 9.19. The van der Waals surface area contributed by atoms with E-state index in [0.717, 1.165) is 18.5 Å². The van der Waals surface area contributed by atoms with E-state index in [9.17, 15) is 9.59 Å². The lowest BCUT2D eigenvalue weighted by Crippen LogP contribution is -2.37. The molecule has 8 heteroatoms. The van der Waals surface area contributed by atoms with E-state index in [0.29, 0.717) is 37.0 Å². The lowest BCUT2D eigenvalue weighted by Gasteiger charge is -2.24. The van der Waals surface area contributed by atoms with Crippen LogP contribution in [0.1, 0.15) is 28.9 Å². The number of amides is 1. The molecule has 4 rings (SSSR count). The summed E-state index contributed by atoms with van der Waals surface area (Å²) in [7, 11) is 0. The number of carboxylic acids is 1. The Morgan fingerprint density at radius 1 is 1.26 bits per heavy atom. The summed E-state index contributed by atoms with van der Waals surface area (Å²) in [5.74, 6) is -0.381. The topological polar surface area (TPSA) is 86.6 Å². The quantitative estimate of drug-likeness (QED) is 0.868. The number of hydrogen-bond donors (Lipinski definition) is 1. The minimum atomic E-state index is -1.06. The van der Waals surface area contributed by atoms with Gasteiger partial charge in [-0.3, -0.25) is 9.78 Å². The van der Waals surface area contributed by atoms with Gasteiger partial charge in [0.05, 0.1) is 28.2 Å². The van der Waals surface area contributed by atoms with Gasteiger partial charge in [0.15, 0.2) is 0 Å². The van der Waals surface area contributed by atoms with Crippen molar-refractivity contribution in [1.82, 2.24) is 14.9 Å². The molecule has 1 spiro atoms. The van der Waals surface area contributed by atoms with Crippen LogP contribution >= 0.6 is 11.6 Å². The molecule has 0 aromatic carbocycles. The number of carbonyl (C=O) groups is 2. The summed E-state index contributed by atoms with van der Waals surface area (Å²) in [5, 5.41) is 9.34. The number of nitrogens with zero attached hydrogens (tertiary/aromatic N) is 4. The molecule has 27 heavy (non-hydrogen) atoms.